The van der Waals surface area contributed by atoms with E-state index >= 15 is 0 Å². The average molecular weight is 239 g/mol. The lowest BCUT2D eigenvalue weighted by Crippen LogP contribution is -2.52. The molecule has 0 unspecified atom stereocenters. The summed E-state index contributed by atoms with van der Waals surface area (Å²) < 4.78 is 0. The number of hydrogen-bond acceptors (Lipinski definition) is 2. The molecule has 1 aromatic carbocycles. The number of carbonyl (C=O) groups is 1. The molecule has 1 aliphatic rings. The molecule has 2 rings (SSSR count). The first-order valence-corrected chi connectivity index (χ1v) is 5.57. The molecule has 86 valence electrons. The molecule has 0 spiro atoms. The van der Waals surface area contributed by atoms with Gasteiger partial charge in [0.1, 0.15) is 5.54 Å². The molecule has 0 fully saturated rings. The highest BCUT2D eigenvalue weighted by Gasteiger charge is 2.37. The van der Waals surface area contributed by atoms with Gasteiger partial charge in [0, 0.05) is 7.05 Å². The van der Waals surface area contributed by atoms with Crippen molar-refractivity contribution in [1.29, 1.82) is 0 Å². The van der Waals surface area contributed by atoms with Crippen LogP contribution in [0.4, 0.5) is 11.4 Å². The predicted molar refractivity (Wildman–Crippen MR) is 67.3 cm³/mol. The molecule has 0 aromatic heterocycles. The van der Waals surface area contributed by atoms with Gasteiger partial charge in [-0.1, -0.05) is 11.6 Å². The van der Waals surface area contributed by atoms with Gasteiger partial charge in [0.25, 0.3) is 5.91 Å². The first kappa shape index (κ1) is 11.3. The Balaban J connectivity index is 2.64. The minimum absolute atomic E-state index is 0.0432. The zero-order valence-electron chi connectivity index (χ0n) is 9.89. The van der Waals surface area contributed by atoms with Gasteiger partial charge in [-0.15, -0.1) is 0 Å². The molecule has 16 heavy (non-hydrogen) atoms. The second kappa shape index (κ2) is 3.39. The molecule has 0 saturated heterocycles. The van der Waals surface area contributed by atoms with Crippen molar-refractivity contribution in [3.8, 4) is 0 Å². The molecule has 0 atom stereocenters. The molecule has 1 heterocycles. The van der Waals surface area contributed by atoms with Crippen molar-refractivity contribution in [1.82, 2.24) is 0 Å². The van der Waals surface area contributed by atoms with E-state index in [4.69, 9.17) is 11.6 Å². The number of carbonyl (C=O) groups excluding carboxylic acids is 1. The van der Waals surface area contributed by atoms with E-state index in [9.17, 15) is 4.79 Å². The van der Waals surface area contributed by atoms with Gasteiger partial charge in [0.05, 0.1) is 16.4 Å². The number of likely N-dealkylation sites (N-methyl/N-ethyl adjacent to an activating group) is 1. The molecule has 0 aliphatic carbocycles. The fraction of sp³-hybridized carbons (Fsp3) is 0.417. The van der Waals surface area contributed by atoms with Crippen LogP contribution in [0.15, 0.2) is 12.1 Å². The van der Waals surface area contributed by atoms with Crippen LogP contribution in [0.1, 0.15) is 19.4 Å². The van der Waals surface area contributed by atoms with Gasteiger partial charge in [-0.3, -0.25) is 4.79 Å². The summed E-state index contributed by atoms with van der Waals surface area (Å²) >= 11 is 6.19. The molecule has 1 amide bonds. The van der Waals surface area contributed by atoms with Crippen molar-refractivity contribution in [2.75, 3.05) is 17.3 Å². The van der Waals surface area contributed by atoms with E-state index in [0.717, 1.165) is 16.9 Å². The Labute approximate surface area is 100 Å². The minimum Gasteiger partial charge on any atom is -0.369 e. The van der Waals surface area contributed by atoms with Gasteiger partial charge >= 0.3 is 0 Å². The van der Waals surface area contributed by atoms with Gasteiger partial charge in [0.15, 0.2) is 0 Å². The molecule has 0 saturated carbocycles. The van der Waals surface area contributed by atoms with E-state index in [-0.39, 0.29) is 5.91 Å². The number of benzene rings is 1. The summed E-state index contributed by atoms with van der Waals surface area (Å²) in [6.45, 7) is 5.67. The first-order chi connectivity index (χ1) is 7.33. The molecule has 1 N–H and O–H groups in total. The predicted octanol–water partition coefficient (Wildman–Crippen LogP) is 2.82. The lowest BCUT2D eigenvalue weighted by atomic mass is 9.98. The van der Waals surface area contributed by atoms with E-state index in [1.807, 2.05) is 32.9 Å². The van der Waals surface area contributed by atoms with Gasteiger partial charge in [-0.2, -0.15) is 0 Å². The van der Waals surface area contributed by atoms with E-state index in [1.165, 1.54) is 0 Å². The summed E-state index contributed by atoms with van der Waals surface area (Å²) in [6, 6.07) is 3.86. The largest absolute Gasteiger partial charge is 0.369 e. The Morgan fingerprint density at radius 2 is 2.00 bits per heavy atom. The van der Waals surface area contributed by atoms with Crippen molar-refractivity contribution in [3.63, 3.8) is 0 Å². The Morgan fingerprint density at radius 3 is 2.62 bits per heavy atom. The maximum atomic E-state index is 12.1. The maximum absolute atomic E-state index is 12.1. The van der Waals surface area contributed by atoms with Crippen molar-refractivity contribution >= 4 is 28.9 Å². The quantitative estimate of drug-likeness (QED) is 0.754. The van der Waals surface area contributed by atoms with Crippen LogP contribution < -0.4 is 10.2 Å². The number of aryl methyl sites for hydroxylation is 1. The Bertz CT molecular complexity index is 468. The summed E-state index contributed by atoms with van der Waals surface area (Å²) in [5.74, 6) is 0.0432. The van der Waals surface area contributed by atoms with E-state index < -0.39 is 5.54 Å². The lowest BCUT2D eigenvalue weighted by Gasteiger charge is -2.38. The molecule has 1 aromatic rings. The zero-order chi connectivity index (χ0) is 12.1. The molecular formula is C12H15ClN2O. The van der Waals surface area contributed by atoms with Crippen LogP contribution in [0, 0.1) is 6.92 Å². The highest BCUT2D eigenvalue weighted by molar-refractivity contribution is 6.34. The van der Waals surface area contributed by atoms with Gasteiger partial charge in [-0.25, -0.2) is 0 Å². The van der Waals surface area contributed by atoms with Crippen molar-refractivity contribution < 1.29 is 4.79 Å². The van der Waals surface area contributed by atoms with Crippen LogP contribution in [-0.4, -0.2) is 18.5 Å². The van der Waals surface area contributed by atoms with Crippen LogP contribution in [0.5, 0.6) is 0 Å². The summed E-state index contributed by atoms with van der Waals surface area (Å²) in [6.07, 6.45) is 0. The summed E-state index contributed by atoms with van der Waals surface area (Å²) in [4.78, 5) is 13.7. The fourth-order valence-corrected chi connectivity index (χ4v) is 2.32. The third-order valence-corrected chi connectivity index (χ3v) is 3.15. The second-order valence-electron chi connectivity index (χ2n) is 4.76. The van der Waals surface area contributed by atoms with Crippen LogP contribution >= 0.6 is 11.6 Å². The molecule has 3 nitrogen and oxygen atoms in total. The molecule has 4 heteroatoms. The molecule has 0 radical (unpaired) electrons. The first-order valence-electron chi connectivity index (χ1n) is 5.19. The highest BCUT2D eigenvalue weighted by Crippen LogP contribution is 2.40. The van der Waals surface area contributed by atoms with Crippen LogP contribution in [0.25, 0.3) is 0 Å². The van der Waals surface area contributed by atoms with Crippen molar-refractivity contribution in [2.45, 2.75) is 26.3 Å². The summed E-state index contributed by atoms with van der Waals surface area (Å²) in [5.41, 5.74) is 2.11. The molecule has 1 aliphatic heterocycles. The Kier molecular flexibility index (Phi) is 2.39. The number of fused-ring (bicyclic) bond motifs is 1. The standard InChI is InChI=1S/C12H15ClN2O/c1-7-5-8(13)10-9(6-7)15(4)11(16)12(2,3)14-10/h5-6,14H,1-4H3. The SMILES string of the molecule is Cc1cc(Cl)c2c(c1)N(C)C(=O)C(C)(C)N2. The number of anilines is 2. The Morgan fingerprint density at radius 1 is 1.38 bits per heavy atom. The third-order valence-electron chi connectivity index (χ3n) is 2.85. The van der Waals surface area contributed by atoms with E-state index in [0.29, 0.717) is 5.02 Å². The van der Waals surface area contributed by atoms with Gasteiger partial charge < -0.3 is 10.2 Å². The van der Waals surface area contributed by atoms with Crippen LogP contribution in [0.2, 0.25) is 5.02 Å². The minimum atomic E-state index is -0.610. The number of nitrogens with zero attached hydrogens (tertiary/aromatic N) is 1. The van der Waals surface area contributed by atoms with Gasteiger partial charge in [-0.05, 0) is 38.5 Å². The maximum Gasteiger partial charge on any atom is 0.251 e. The van der Waals surface area contributed by atoms with E-state index in [1.54, 1.807) is 11.9 Å². The Hall–Kier alpha value is -1.22. The number of hydrogen-bond donors (Lipinski definition) is 1. The van der Waals surface area contributed by atoms with E-state index in [2.05, 4.69) is 5.32 Å². The summed E-state index contributed by atoms with van der Waals surface area (Å²) in [7, 11) is 1.78. The third kappa shape index (κ3) is 1.55. The van der Waals surface area contributed by atoms with Crippen molar-refractivity contribution in [2.24, 2.45) is 0 Å². The lowest BCUT2D eigenvalue weighted by molar-refractivity contribution is -0.121. The number of halogens is 1. The number of rotatable bonds is 0. The normalized spacial score (nSPS) is 18.1. The number of nitrogens with one attached hydrogen (secondary N) is 1. The number of amides is 1. The average Bonchev–Trinajstić information content (AvgIpc) is 2.17. The summed E-state index contributed by atoms with van der Waals surface area (Å²) in [5, 5.41) is 3.84. The van der Waals surface area contributed by atoms with Crippen LogP contribution in [-0.2, 0) is 4.79 Å². The molecule has 0 bridgehead atoms. The smallest absolute Gasteiger partial charge is 0.251 e. The van der Waals surface area contributed by atoms with Crippen molar-refractivity contribution in [3.05, 3.63) is 22.7 Å². The highest BCUT2D eigenvalue weighted by atomic mass is 35.5. The molecular weight excluding hydrogens is 224 g/mol. The van der Waals surface area contributed by atoms with Gasteiger partial charge in [0.2, 0.25) is 0 Å². The second-order valence-corrected chi connectivity index (χ2v) is 5.16. The zero-order valence-corrected chi connectivity index (χ0v) is 10.6. The monoisotopic (exact) mass is 238 g/mol. The fourth-order valence-electron chi connectivity index (χ4n) is 2.01. The topological polar surface area (TPSA) is 32.3 Å². The van der Waals surface area contributed by atoms with Crippen LogP contribution in [0.3, 0.4) is 0 Å².